The van der Waals surface area contributed by atoms with E-state index in [0.717, 1.165) is 0 Å². The number of amides is 1. The van der Waals surface area contributed by atoms with E-state index in [1.54, 1.807) is 18.2 Å². The molecule has 6 nitrogen and oxygen atoms in total. The van der Waals surface area contributed by atoms with Gasteiger partial charge in [0.25, 0.3) is 5.91 Å². The van der Waals surface area contributed by atoms with Crippen LogP contribution in [0.1, 0.15) is 16.8 Å². The van der Waals surface area contributed by atoms with Crippen molar-refractivity contribution in [3.63, 3.8) is 0 Å². The van der Waals surface area contributed by atoms with E-state index in [4.69, 9.17) is 10.5 Å². The van der Waals surface area contributed by atoms with Gasteiger partial charge in [0.1, 0.15) is 5.75 Å². The molecule has 3 N–H and O–H groups in total. The summed E-state index contributed by atoms with van der Waals surface area (Å²) >= 11 is 0. The molecule has 1 aromatic carbocycles. The predicted molar refractivity (Wildman–Crippen MR) is 76.5 cm³/mol. The largest absolute Gasteiger partial charge is 0.495 e. The second-order valence-corrected chi connectivity index (χ2v) is 7.16. The Morgan fingerprint density at radius 2 is 2.25 bits per heavy atom. The Morgan fingerprint density at radius 3 is 2.85 bits per heavy atom. The molecule has 1 aromatic rings. The second kappa shape index (κ2) is 5.70. The first-order chi connectivity index (χ1) is 9.41. The Morgan fingerprint density at radius 1 is 1.50 bits per heavy atom. The van der Waals surface area contributed by atoms with Gasteiger partial charge in [0.2, 0.25) is 0 Å². The van der Waals surface area contributed by atoms with Gasteiger partial charge < -0.3 is 15.8 Å². The fourth-order valence-corrected chi connectivity index (χ4v) is 4.09. The fourth-order valence-electron chi connectivity index (χ4n) is 2.22. The van der Waals surface area contributed by atoms with Gasteiger partial charge in [0.15, 0.2) is 9.84 Å². The minimum atomic E-state index is -2.91. The SMILES string of the molecule is COc1cc(C(=O)NCC2CCS(=O)(=O)C2)ccc1N. The molecule has 1 aliphatic rings. The number of nitrogen functional groups attached to an aromatic ring is 1. The molecule has 1 saturated heterocycles. The van der Waals surface area contributed by atoms with Crippen molar-refractivity contribution in [1.29, 1.82) is 0 Å². The highest BCUT2D eigenvalue weighted by Gasteiger charge is 2.28. The number of carbonyl (C=O) groups is 1. The summed E-state index contributed by atoms with van der Waals surface area (Å²) < 4.78 is 27.7. The van der Waals surface area contributed by atoms with Crippen molar-refractivity contribution in [2.75, 3.05) is 30.9 Å². The van der Waals surface area contributed by atoms with Crippen LogP contribution in [0.4, 0.5) is 5.69 Å². The maximum absolute atomic E-state index is 12.0. The molecule has 1 unspecified atom stereocenters. The Labute approximate surface area is 118 Å². The summed E-state index contributed by atoms with van der Waals surface area (Å²) in [6, 6.07) is 4.78. The maximum atomic E-state index is 12.0. The molecule has 7 heteroatoms. The zero-order valence-corrected chi connectivity index (χ0v) is 12.1. The molecule has 1 aliphatic heterocycles. The minimum Gasteiger partial charge on any atom is -0.495 e. The van der Waals surface area contributed by atoms with E-state index < -0.39 is 9.84 Å². The molecule has 1 amide bonds. The van der Waals surface area contributed by atoms with Gasteiger partial charge in [-0.25, -0.2) is 8.42 Å². The van der Waals surface area contributed by atoms with Crippen molar-refractivity contribution in [3.8, 4) is 5.75 Å². The zero-order valence-electron chi connectivity index (χ0n) is 11.3. The fraction of sp³-hybridized carbons (Fsp3) is 0.462. The smallest absolute Gasteiger partial charge is 0.251 e. The third kappa shape index (κ3) is 3.41. The minimum absolute atomic E-state index is 0.000345. The van der Waals surface area contributed by atoms with Crippen LogP contribution in [0.3, 0.4) is 0 Å². The molecular weight excluding hydrogens is 280 g/mol. The Hall–Kier alpha value is -1.76. The topological polar surface area (TPSA) is 98.5 Å². The van der Waals surface area contributed by atoms with Crippen LogP contribution >= 0.6 is 0 Å². The maximum Gasteiger partial charge on any atom is 0.251 e. The van der Waals surface area contributed by atoms with Crippen LogP contribution in [-0.4, -0.2) is 39.5 Å². The third-order valence-corrected chi connectivity index (χ3v) is 5.21. The Bertz CT molecular complexity index is 613. The molecule has 0 spiro atoms. The van der Waals surface area contributed by atoms with Crippen molar-refractivity contribution in [2.24, 2.45) is 5.92 Å². The lowest BCUT2D eigenvalue weighted by atomic mass is 10.1. The van der Waals surface area contributed by atoms with E-state index in [9.17, 15) is 13.2 Å². The van der Waals surface area contributed by atoms with Crippen LogP contribution in [-0.2, 0) is 9.84 Å². The summed E-state index contributed by atoms with van der Waals surface area (Å²) in [4.78, 5) is 12.0. The molecule has 0 saturated carbocycles. The lowest BCUT2D eigenvalue weighted by molar-refractivity contribution is 0.0948. The Balaban J connectivity index is 1.95. The van der Waals surface area contributed by atoms with Crippen molar-refractivity contribution < 1.29 is 17.9 Å². The standard InChI is InChI=1S/C13H18N2O4S/c1-19-12-6-10(2-3-11(12)14)13(16)15-7-9-4-5-20(17,18)8-9/h2-3,6,9H,4-5,7-8,14H2,1H3,(H,15,16). The molecule has 1 heterocycles. The monoisotopic (exact) mass is 298 g/mol. The predicted octanol–water partition coefficient (Wildman–Crippen LogP) is 0.442. The number of benzene rings is 1. The van der Waals surface area contributed by atoms with E-state index in [-0.39, 0.29) is 23.3 Å². The van der Waals surface area contributed by atoms with Crippen LogP contribution in [0.2, 0.25) is 0 Å². The number of hydrogen-bond donors (Lipinski definition) is 2. The van der Waals surface area contributed by atoms with Gasteiger partial charge in [-0.15, -0.1) is 0 Å². The van der Waals surface area contributed by atoms with E-state index >= 15 is 0 Å². The first-order valence-electron chi connectivity index (χ1n) is 6.33. The number of ether oxygens (including phenoxy) is 1. The first kappa shape index (κ1) is 14.6. The molecule has 20 heavy (non-hydrogen) atoms. The molecule has 0 bridgehead atoms. The summed E-state index contributed by atoms with van der Waals surface area (Å²) in [6.07, 6.45) is 0.605. The van der Waals surface area contributed by atoms with Crippen molar-refractivity contribution in [1.82, 2.24) is 5.32 Å². The quantitative estimate of drug-likeness (QED) is 0.786. The molecule has 0 aromatic heterocycles. The molecule has 2 rings (SSSR count). The van der Waals surface area contributed by atoms with E-state index in [2.05, 4.69) is 5.32 Å². The van der Waals surface area contributed by atoms with Crippen molar-refractivity contribution >= 4 is 21.4 Å². The second-order valence-electron chi connectivity index (χ2n) is 4.94. The number of methoxy groups -OCH3 is 1. The normalized spacial score (nSPS) is 20.6. The Kier molecular flexibility index (Phi) is 4.17. The van der Waals surface area contributed by atoms with Crippen LogP contribution in [0.5, 0.6) is 5.75 Å². The number of carbonyl (C=O) groups excluding carboxylic acids is 1. The molecule has 0 radical (unpaired) electrons. The number of hydrogen-bond acceptors (Lipinski definition) is 5. The summed E-state index contributed by atoms with van der Waals surface area (Å²) in [6.45, 7) is 0.366. The number of sulfone groups is 1. The number of nitrogens with two attached hydrogens (primary N) is 1. The molecule has 1 fully saturated rings. The summed E-state index contributed by atoms with van der Waals surface area (Å²) in [5.41, 5.74) is 6.59. The number of anilines is 1. The lowest BCUT2D eigenvalue weighted by Gasteiger charge is -2.11. The van der Waals surface area contributed by atoms with Gasteiger partial charge in [-0.3, -0.25) is 4.79 Å². The number of rotatable bonds is 4. The zero-order chi connectivity index (χ0) is 14.8. The van der Waals surface area contributed by atoms with Crippen LogP contribution in [0.25, 0.3) is 0 Å². The highest BCUT2D eigenvalue weighted by Crippen LogP contribution is 2.22. The van der Waals surface area contributed by atoms with Gasteiger partial charge in [0.05, 0.1) is 24.3 Å². The average Bonchev–Trinajstić information content (AvgIpc) is 2.76. The molecule has 110 valence electrons. The van der Waals surface area contributed by atoms with E-state index in [1.165, 1.54) is 7.11 Å². The van der Waals surface area contributed by atoms with Gasteiger partial charge in [-0.2, -0.15) is 0 Å². The summed E-state index contributed by atoms with van der Waals surface area (Å²) in [7, 11) is -1.43. The highest BCUT2D eigenvalue weighted by atomic mass is 32.2. The molecule has 1 atom stereocenters. The van der Waals surface area contributed by atoms with Gasteiger partial charge in [-0.05, 0) is 30.5 Å². The number of nitrogens with one attached hydrogen (secondary N) is 1. The van der Waals surface area contributed by atoms with E-state index in [0.29, 0.717) is 30.0 Å². The summed E-state index contributed by atoms with van der Waals surface area (Å²) in [5, 5.41) is 2.75. The lowest BCUT2D eigenvalue weighted by Crippen LogP contribution is -2.29. The third-order valence-electron chi connectivity index (χ3n) is 3.37. The van der Waals surface area contributed by atoms with Gasteiger partial charge in [-0.1, -0.05) is 0 Å². The van der Waals surface area contributed by atoms with Gasteiger partial charge >= 0.3 is 0 Å². The summed E-state index contributed by atoms with van der Waals surface area (Å²) in [5.74, 6) is 0.551. The van der Waals surface area contributed by atoms with Crippen LogP contribution in [0, 0.1) is 5.92 Å². The first-order valence-corrected chi connectivity index (χ1v) is 8.15. The van der Waals surface area contributed by atoms with Gasteiger partial charge in [0, 0.05) is 12.1 Å². The van der Waals surface area contributed by atoms with Crippen LogP contribution < -0.4 is 15.8 Å². The van der Waals surface area contributed by atoms with Crippen molar-refractivity contribution in [2.45, 2.75) is 6.42 Å². The average molecular weight is 298 g/mol. The molecular formula is C13H18N2O4S. The van der Waals surface area contributed by atoms with E-state index in [1.807, 2.05) is 0 Å². The van der Waals surface area contributed by atoms with Crippen LogP contribution in [0.15, 0.2) is 18.2 Å². The van der Waals surface area contributed by atoms with Crippen molar-refractivity contribution in [3.05, 3.63) is 23.8 Å². The highest BCUT2D eigenvalue weighted by molar-refractivity contribution is 7.91. The molecule has 0 aliphatic carbocycles.